The van der Waals surface area contributed by atoms with Crippen LogP contribution in [-0.2, 0) is 13.0 Å². The Morgan fingerprint density at radius 2 is 1.91 bits per heavy atom. The molecule has 0 unspecified atom stereocenters. The second-order valence-corrected chi connectivity index (χ2v) is 9.17. The Bertz CT molecular complexity index is 1390. The maximum Gasteiger partial charge on any atom is 0.141 e. The number of nitrogens with one attached hydrogen (secondary N) is 3. The Morgan fingerprint density at radius 1 is 1.11 bits per heavy atom. The van der Waals surface area contributed by atoms with E-state index < -0.39 is 5.82 Å². The maximum absolute atomic E-state index is 13.6. The van der Waals surface area contributed by atoms with Gasteiger partial charge in [-0.05, 0) is 63.8 Å². The maximum atomic E-state index is 13.6. The molecule has 10 heteroatoms. The highest BCUT2D eigenvalue weighted by Gasteiger charge is 2.14. The van der Waals surface area contributed by atoms with Crippen LogP contribution in [0.25, 0.3) is 10.9 Å². The first-order chi connectivity index (χ1) is 16.9. The number of nitrogens with zero attached hydrogens (tertiary/aromatic N) is 4. The highest BCUT2D eigenvalue weighted by atomic mass is 35.5. The standard InChI is InChI=1S/C25H24Cl2FN7/c1-35(2)7-3-4-22-23(33-14-32-22)13-30-17-8-18-24(34-16-5-6-21(28)19(26)9-16)15(11-29)12-31-25(18)20(27)10-17/h5-6,8-10,12,14,30H,3-4,7,13H2,1-2H3,(H,31,34)(H,32,33). The zero-order valence-corrected chi connectivity index (χ0v) is 20.8. The van der Waals surface area contributed by atoms with E-state index in [0.717, 1.165) is 36.5 Å². The first-order valence-corrected chi connectivity index (χ1v) is 11.8. The molecule has 0 fully saturated rings. The molecule has 0 atom stereocenters. The van der Waals surface area contributed by atoms with Gasteiger partial charge in [0.15, 0.2) is 0 Å². The topological polar surface area (TPSA) is 92.7 Å². The summed E-state index contributed by atoms with van der Waals surface area (Å²) in [5.41, 5.74) is 4.69. The number of aryl methyl sites for hydroxylation is 1. The minimum absolute atomic E-state index is 0.0202. The summed E-state index contributed by atoms with van der Waals surface area (Å²) in [4.78, 5) is 14.2. The smallest absolute Gasteiger partial charge is 0.141 e. The molecule has 0 amide bonds. The van der Waals surface area contributed by atoms with Crippen molar-refractivity contribution in [1.29, 1.82) is 5.26 Å². The van der Waals surface area contributed by atoms with E-state index in [0.29, 0.717) is 39.4 Å². The predicted molar refractivity (Wildman–Crippen MR) is 139 cm³/mol. The highest BCUT2D eigenvalue weighted by Crippen LogP contribution is 2.35. The Balaban J connectivity index is 1.62. The van der Waals surface area contributed by atoms with Crippen molar-refractivity contribution < 1.29 is 4.39 Å². The van der Waals surface area contributed by atoms with Crippen molar-refractivity contribution in [2.45, 2.75) is 19.4 Å². The van der Waals surface area contributed by atoms with Crippen molar-refractivity contribution in [2.24, 2.45) is 0 Å². The quantitative estimate of drug-likeness (QED) is 0.250. The molecule has 4 aromatic rings. The number of pyridine rings is 1. The molecule has 2 aromatic carbocycles. The van der Waals surface area contributed by atoms with Crippen molar-refractivity contribution in [3.8, 4) is 6.07 Å². The largest absolute Gasteiger partial charge is 0.379 e. The van der Waals surface area contributed by atoms with Crippen molar-refractivity contribution in [3.05, 3.63) is 75.7 Å². The third-order valence-electron chi connectivity index (χ3n) is 5.53. The van der Waals surface area contributed by atoms with E-state index >= 15 is 0 Å². The molecule has 7 nitrogen and oxygen atoms in total. The molecule has 3 N–H and O–H groups in total. The molecule has 180 valence electrons. The van der Waals surface area contributed by atoms with Gasteiger partial charge in [-0.1, -0.05) is 23.2 Å². The van der Waals surface area contributed by atoms with E-state index in [1.807, 2.05) is 6.07 Å². The van der Waals surface area contributed by atoms with Crippen molar-refractivity contribution in [3.63, 3.8) is 0 Å². The monoisotopic (exact) mass is 511 g/mol. The van der Waals surface area contributed by atoms with Crippen LogP contribution >= 0.6 is 23.2 Å². The third kappa shape index (κ3) is 5.82. The summed E-state index contributed by atoms with van der Waals surface area (Å²) < 4.78 is 13.6. The molecule has 0 bridgehead atoms. The average Bonchev–Trinajstić information content (AvgIpc) is 3.27. The van der Waals surface area contributed by atoms with Crippen LogP contribution in [0.3, 0.4) is 0 Å². The first-order valence-electron chi connectivity index (χ1n) is 11.0. The normalized spacial score (nSPS) is 11.1. The Kier molecular flexibility index (Phi) is 7.71. The highest BCUT2D eigenvalue weighted by molar-refractivity contribution is 6.36. The van der Waals surface area contributed by atoms with Gasteiger partial charge in [-0.25, -0.2) is 9.37 Å². The number of hydrogen-bond acceptors (Lipinski definition) is 6. The molecule has 35 heavy (non-hydrogen) atoms. The van der Waals surface area contributed by atoms with E-state index in [-0.39, 0.29) is 5.02 Å². The van der Waals surface area contributed by atoms with Crippen LogP contribution in [0.5, 0.6) is 0 Å². The second kappa shape index (κ2) is 10.9. The zero-order valence-electron chi connectivity index (χ0n) is 19.3. The van der Waals surface area contributed by atoms with Gasteiger partial charge in [0.1, 0.15) is 11.9 Å². The van der Waals surface area contributed by atoms with E-state index in [9.17, 15) is 9.65 Å². The van der Waals surface area contributed by atoms with Gasteiger partial charge in [-0.2, -0.15) is 5.26 Å². The minimum atomic E-state index is -0.522. The summed E-state index contributed by atoms with van der Waals surface area (Å²) in [5, 5.41) is 17.3. The minimum Gasteiger partial charge on any atom is -0.379 e. The lowest BCUT2D eigenvalue weighted by Crippen LogP contribution is -2.14. The van der Waals surface area contributed by atoms with Crippen LogP contribution < -0.4 is 10.6 Å². The lowest BCUT2D eigenvalue weighted by molar-refractivity contribution is 0.399. The van der Waals surface area contributed by atoms with Crippen LogP contribution in [0.2, 0.25) is 10.0 Å². The Hall–Kier alpha value is -3.38. The molecular formula is C25H24Cl2FN7. The molecular weight excluding hydrogens is 488 g/mol. The van der Waals surface area contributed by atoms with Crippen LogP contribution in [0.4, 0.5) is 21.5 Å². The van der Waals surface area contributed by atoms with E-state index in [4.69, 9.17) is 23.2 Å². The van der Waals surface area contributed by atoms with Gasteiger partial charge in [0.25, 0.3) is 0 Å². The summed E-state index contributed by atoms with van der Waals surface area (Å²) >= 11 is 12.5. The summed E-state index contributed by atoms with van der Waals surface area (Å²) in [5.74, 6) is -0.522. The van der Waals surface area contributed by atoms with Gasteiger partial charge in [-0.15, -0.1) is 0 Å². The van der Waals surface area contributed by atoms with Gasteiger partial charge in [0.05, 0.1) is 51.1 Å². The zero-order chi connectivity index (χ0) is 24.9. The molecule has 0 saturated carbocycles. The fraction of sp³-hybridized carbons (Fsp3) is 0.240. The average molecular weight is 512 g/mol. The number of nitriles is 1. The van der Waals surface area contributed by atoms with Crippen molar-refractivity contribution in [2.75, 3.05) is 31.3 Å². The molecule has 0 aliphatic carbocycles. The van der Waals surface area contributed by atoms with Gasteiger partial charge in [-0.3, -0.25) is 4.98 Å². The SMILES string of the molecule is CN(C)CCCc1nc[nH]c1CNc1cc(Cl)c2ncc(C#N)c(Nc3ccc(F)c(Cl)c3)c2c1. The van der Waals surface area contributed by atoms with Crippen LogP contribution in [0.15, 0.2) is 42.9 Å². The molecule has 0 aliphatic rings. The van der Waals surface area contributed by atoms with Crippen LogP contribution in [0, 0.1) is 17.1 Å². The number of anilines is 3. The summed E-state index contributed by atoms with van der Waals surface area (Å²) in [7, 11) is 4.10. The van der Waals surface area contributed by atoms with Gasteiger partial charge in [0.2, 0.25) is 0 Å². The number of imidazole rings is 1. The Morgan fingerprint density at radius 3 is 2.66 bits per heavy atom. The number of benzene rings is 2. The number of H-pyrrole nitrogens is 1. The summed E-state index contributed by atoms with van der Waals surface area (Å²) in [6.07, 6.45) is 5.05. The lowest BCUT2D eigenvalue weighted by Gasteiger charge is -2.15. The number of fused-ring (bicyclic) bond motifs is 1. The third-order valence-corrected chi connectivity index (χ3v) is 6.11. The molecule has 0 saturated heterocycles. The van der Waals surface area contributed by atoms with E-state index in [1.54, 1.807) is 18.5 Å². The molecule has 4 rings (SSSR count). The molecule has 2 aromatic heterocycles. The second-order valence-electron chi connectivity index (χ2n) is 8.35. The first kappa shape index (κ1) is 24.7. The van der Waals surface area contributed by atoms with Gasteiger partial charge in [0, 0.05) is 23.0 Å². The fourth-order valence-corrected chi connectivity index (χ4v) is 4.22. The lowest BCUT2D eigenvalue weighted by atomic mass is 10.1. The molecule has 0 spiro atoms. The summed E-state index contributed by atoms with van der Waals surface area (Å²) in [6.45, 7) is 1.52. The number of aromatic amines is 1. The van der Waals surface area contributed by atoms with Gasteiger partial charge >= 0.3 is 0 Å². The van der Waals surface area contributed by atoms with Crippen molar-refractivity contribution in [1.82, 2.24) is 19.9 Å². The fourth-order valence-electron chi connectivity index (χ4n) is 3.77. The number of aromatic nitrogens is 3. The summed E-state index contributed by atoms with van der Waals surface area (Å²) in [6, 6.07) is 10.1. The predicted octanol–water partition coefficient (Wildman–Crippen LogP) is 6.13. The van der Waals surface area contributed by atoms with Crippen LogP contribution in [0.1, 0.15) is 23.4 Å². The van der Waals surface area contributed by atoms with Crippen LogP contribution in [-0.4, -0.2) is 40.5 Å². The number of rotatable bonds is 9. The van der Waals surface area contributed by atoms with Gasteiger partial charge < -0.3 is 20.5 Å². The molecule has 0 aliphatic heterocycles. The number of hydrogen-bond donors (Lipinski definition) is 3. The Labute approximate surface area is 212 Å². The van der Waals surface area contributed by atoms with E-state index in [1.165, 1.54) is 18.3 Å². The molecule has 0 radical (unpaired) electrons. The van der Waals surface area contributed by atoms with E-state index in [2.05, 4.69) is 50.6 Å². The molecule has 2 heterocycles. The number of halogens is 3. The van der Waals surface area contributed by atoms with Crippen molar-refractivity contribution >= 4 is 51.2 Å².